The number of nitrogens with two attached hydrogens (primary N) is 1. The highest BCUT2D eigenvalue weighted by molar-refractivity contribution is 5.68. The van der Waals surface area contributed by atoms with Crippen LogP contribution >= 0.6 is 0 Å². The van der Waals surface area contributed by atoms with Gasteiger partial charge in [0, 0.05) is 18.8 Å². The van der Waals surface area contributed by atoms with Crippen molar-refractivity contribution in [3.05, 3.63) is 60.4 Å². The average molecular weight is 293 g/mol. The Morgan fingerprint density at radius 3 is 2.59 bits per heavy atom. The second-order valence-electron chi connectivity index (χ2n) is 5.31. The van der Waals surface area contributed by atoms with Crippen molar-refractivity contribution in [2.45, 2.75) is 13.0 Å². The molecule has 0 aliphatic rings. The molecule has 0 fully saturated rings. The Morgan fingerprint density at radius 1 is 1.14 bits per heavy atom. The fraction of sp³-hybridized carbons (Fsp3) is 0.176. The predicted octanol–water partition coefficient (Wildman–Crippen LogP) is 3.24. The molecule has 1 aromatic carbocycles. The molecule has 3 N–H and O–H groups in total. The molecule has 2 aromatic heterocycles. The molecule has 0 radical (unpaired) electrons. The van der Waals surface area contributed by atoms with Crippen LogP contribution in [0, 0.1) is 0 Å². The van der Waals surface area contributed by atoms with E-state index in [0.717, 1.165) is 11.3 Å². The Kier molecular flexibility index (Phi) is 3.78. The highest BCUT2D eigenvalue weighted by Gasteiger charge is 2.10. The van der Waals surface area contributed by atoms with Crippen molar-refractivity contribution in [3.8, 4) is 11.3 Å². The van der Waals surface area contributed by atoms with Crippen LogP contribution in [0.1, 0.15) is 18.5 Å². The highest BCUT2D eigenvalue weighted by Crippen LogP contribution is 2.26. The van der Waals surface area contributed by atoms with Gasteiger partial charge >= 0.3 is 0 Å². The summed E-state index contributed by atoms with van der Waals surface area (Å²) >= 11 is 0. The molecule has 0 saturated heterocycles. The summed E-state index contributed by atoms with van der Waals surface area (Å²) in [6, 6.07) is 14.1. The zero-order valence-electron chi connectivity index (χ0n) is 12.7. The zero-order chi connectivity index (χ0) is 15.5. The molecule has 0 aliphatic heterocycles. The topological polar surface area (TPSA) is 68.8 Å². The first kappa shape index (κ1) is 14.1. The van der Waals surface area contributed by atoms with E-state index in [0.29, 0.717) is 11.5 Å². The van der Waals surface area contributed by atoms with Gasteiger partial charge in [-0.3, -0.25) is 4.68 Å². The first-order chi connectivity index (χ1) is 10.6. The van der Waals surface area contributed by atoms with Gasteiger partial charge in [-0.25, -0.2) is 4.98 Å². The summed E-state index contributed by atoms with van der Waals surface area (Å²) in [5.41, 5.74) is 9.70. The predicted molar refractivity (Wildman–Crippen MR) is 89.3 cm³/mol. The molecule has 2 heterocycles. The second kappa shape index (κ2) is 5.89. The molecule has 22 heavy (non-hydrogen) atoms. The molecule has 5 nitrogen and oxygen atoms in total. The van der Waals surface area contributed by atoms with Gasteiger partial charge in [-0.15, -0.1) is 0 Å². The van der Waals surface area contributed by atoms with Crippen LogP contribution in [-0.2, 0) is 7.05 Å². The number of benzene rings is 1. The Balaban J connectivity index is 1.87. The van der Waals surface area contributed by atoms with Crippen LogP contribution in [-0.4, -0.2) is 14.8 Å². The van der Waals surface area contributed by atoms with E-state index in [1.165, 1.54) is 5.56 Å². The normalized spacial score (nSPS) is 12.1. The molecule has 0 amide bonds. The van der Waals surface area contributed by atoms with Gasteiger partial charge in [0.1, 0.15) is 5.82 Å². The lowest BCUT2D eigenvalue weighted by atomic mass is 10.1. The van der Waals surface area contributed by atoms with E-state index in [1.807, 2.05) is 43.6 Å². The number of aromatic nitrogens is 3. The summed E-state index contributed by atoms with van der Waals surface area (Å²) in [7, 11) is 1.89. The van der Waals surface area contributed by atoms with E-state index in [4.69, 9.17) is 5.73 Å². The van der Waals surface area contributed by atoms with Crippen molar-refractivity contribution < 1.29 is 0 Å². The van der Waals surface area contributed by atoms with E-state index in [1.54, 1.807) is 10.9 Å². The van der Waals surface area contributed by atoms with Crippen molar-refractivity contribution in [2.24, 2.45) is 7.05 Å². The number of hydrogen-bond donors (Lipinski definition) is 2. The first-order valence-electron chi connectivity index (χ1n) is 7.20. The summed E-state index contributed by atoms with van der Waals surface area (Å²) in [6.45, 7) is 2.09. The van der Waals surface area contributed by atoms with Crippen molar-refractivity contribution in [1.82, 2.24) is 14.8 Å². The smallest absolute Gasteiger partial charge is 0.150 e. The van der Waals surface area contributed by atoms with Gasteiger partial charge in [0.05, 0.1) is 23.6 Å². The lowest BCUT2D eigenvalue weighted by Gasteiger charge is -2.17. The van der Waals surface area contributed by atoms with Gasteiger partial charge in [0.2, 0.25) is 0 Å². The lowest BCUT2D eigenvalue weighted by molar-refractivity contribution is 0.768. The fourth-order valence-corrected chi connectivity index (χ4v) is 2.33. The molecular weight excluding hydrogens is 274 g/mol. The Hall–Kier alpha value is -2.82. The maximum atomic E-state index is 6.05. The molecule has 112 valence electrons. The van der Waals surface area contributed by atoms with Gasteiger partial charge in [0.25, 0.3) is 0 Å². The summed E-state index contributed by atoms with van der Waals surface area (Å²) in [6.07, 6.45) is 3.73. The molecule has 0 unspecified atom stereocenters. The number of rotatable bonds is 4. The number of pyridine rings is 1. The number of nitrogens with one attached hydrogen (secondary N) is 1. The zero-order valence-corrected chi connectivity index (χ0v) is 12.7. The maximum Gasteiger partial charge on any atom is 0.150 e. The molecule has 5 heteroatoms. The second-order valence-corrected chi connectivity index (χ2v) is 5.31. The van der Waals surface area contributed by atoms with Crippen molar-refractivity contribution in [1.29, 1.82) is 0 Å². The largest absolute Gasteiger partial charge is 0.396 e. The van der Waals surface area contributed by atoms with Gasteiger partial charge < -0.3 is 11.1 Å². The Morgan fingerprint density at radius 2 is 1.91 bits per heavy atom. The van der Waals surface area contributed by atoms with Crippen LogP contribution in [0.15, 0.2) is 54.9 Å². The molecular formula is C17H19N5. The standard InChI is InChI=1S/C17H19N5/c1-12(13-6-4-3-5-7-13)20-17-15(18)8-9-16(21-17)14-10-19-22(2)11-14/h3-12H,18H2,1-2H3,(H,20,21)/t12-/m1/s1. The summed E-state index contributed by atoms with van der Waals surface area (Å²) in [5, 5.41) is 7.56. The van der Waals surface area contributed by atoms with Crippen LogP contribution in [0.3, 0.4) is 0 Å². The van der Waals surface area contributed by atoms with Crippen LogP contribution in [0.5, 0.6) is 0 Å². The molecule has 3 rings (SSSR count). The Bertz CT molecular complexity index is 764. The number of nitrogens with zero attached hydrogens (tertiary/aromatic N) is 3. The van der Waals surface area contributed by atoms with Crippen LogP contribution < -0.4 is 11.1 Å². The quantitative estimate of drug-likeness (QED) is 0.775. The number of anilines is 2. The molecule has 0 bridgehead atoms. The third kappa shape index (κ3) is 2.93. The summed E-state index contributed by atoms with van der Waals surface area (Å²) < 4.78 is 1.76. The van der Waals surface area contributed by atoms with E-state index < -0.39 is 0 Å². The third-order valence-corrected chi connectivity index (χ3v) is 3.58. The van der Waals surface area contributed by atoms with E-state index in [9.17, 15) is 0 Å². The summed E-state index contributed by atoms with van der Waals surface area (Å²) in [4.78, 5) is 4.63. The average Bonchev–Trinajstić information content (AvgIpc) is 2.97. The minimum Gasteiger partial charge on any atom is -0.396 e. The molecule has 0 saturated carbocycles. The minimum atomic E-state index is 0.125. The van der Waals surface area contributed by atoms with E-state index in [-0.39, 0.29) is 6.04 Å². The molecule has 0 spiro atoms. The minimum absolute atomic E-state index is 0.125. The number of hydrogen-bond acceptors (Lipinski definition) is 4. The van der Waals surface area contributed by atoms with Crippen molar-refractivity contribution >= 4 is 11.5 Å². The van der Waals surface area contributed by atoms with Gasteiger partial charge in [-0.1, -0.05) is 30.3 Å². The van der Waals surface area contributed by atoms with Crippen molar-refractivity contribution in [3.63, 3.8) is 0 Å². The lowest BCUT2D eigenvalue weighted by Crippen LogP contribution is -2.10. The molecule has 3 aromatic rings. The molecule has 1 atom stereocenters. The van der Waals surface area contributed by atoms with Crippen molar-refractivity contribution in [2.75, 3.05) is 11.1 Å². The molecule has 0 aliphatic carbocycles. The van der Waals surface area contributed by atoms with E-state index >= 15 is 0 Å². The number of aryl methyl sites for hydroxylation is 1. The SMILES string of the molecule is C[C@@H](Nc1nc(-c2cnn(C)c2)ccc1N)c1ccccc1. The summed E-state index contributed by atoms with van der Waals surface area (Å²) in [5.74, 6) is 0.692. The monoisotopic (exact) mass is 293 g/mol. The Labute approximate surface area is 129 Å². The number of nitrogen functional groups attached to an aromatic ring is 1. The van der Waals surface area contributed by atoms with Crippen LogP contribution in [0.2, 0.25) is 0 Å². The van der Waals surface area contributed by atoms with E-state index in [2.05, 4.69) is 34.5 Å². The van der Waals surface area contributed by atoms with Crippen LogP contribution in [0.25, 0.3) is 11.3 Å². The third-order valence-electron chi connectivity index (χ3n) is 3.58. The van der Waals surface area contributed by atoms with Gasteiger partial charge in [-0.2, -0.15) is 5.10 Å². The van der Waals surface area contributed by atoms with Gasteiger partial charge in [-0.05, 0) is 24.6 Å². The van der Waals surface area contributed by atoms with Crippen LogP contribution in [0.4, 0.5) is 11.5 Å². The highest BCUT2D eigenvalue weighted by atomic mass is 15.2. The first-order valence-corrected chi connectivity index (χ1v) is 7.20. The fourth-order valence-electron chi connectivity index (χ4n) is 2.33. The van der Waals surface area contributed by atoms with Gasteiger partial charge in [0.15, 0.2) is 0 Å². The maximum absolute atomic E-state index is 6.05.